The fraction of sp³-hybridized carbons (Fsp3) is 0.250. The molecule has 16 heavy (non-hydrogen) atoms. The van der Waals surface area contributed by atoms with Gasteiger partial charge >= 0.3 is 0 Å². The molecule has 0 heterocycles. The van der Waals surface area contributed by atoms with Crippen molar-refractivity contribution in [2.45, 2.75) is 6.92 Å². The lowest BCUT2D eigenvalue weighted by Gasteiger charge is -2.15. The van der Waals surface area contributed by atoms with Gasteiger partial charge < -0.3 is 4.90 Å². The molecule has 1 aromatic rings. The molecule has 0 radical (unpaired) electrons. The molecule has 0 atom stereocenters. The summed E-state index contributed by atoms with van der Waals surface area (Å²) in [5.41, 5.74) is 2.24. The van der Waals surface area contributed by atoms with Crippen LogP contribution in [0, 0.1) is 6.92 Å². The Kier molecular flexibility index (Phi) is 4.84. The van der Waals surface area contributed by atoms with Crippen LogP contribution in [-0.4, -0.2) is 24.8 Å². The highest BCUT2D eigenvalue weighted by molar-refractivity contribution is 6.55. The second-order valence-electron chi connectivity index (χ2n) is 3.63. The van der Waals surface area contributed by atoms with E-state index in [-0.39, 0.29) is 4.49 Å². The quantitative estimate of drug-likeness (QED) is 0.584. The van der Waals surface area contributed by atoms with Gasteiger partial charge in [0.05, 0.1) is 6.20 Å². The maximum Gasteiger partial charge on any atom is 0.135 e. The van der Waals surface area contributed by atoms with Crippen molar-refractivity contribution in [3.63, 3.8) is 0 Å². The molecule has 0 fully saturated rings. The Balaban J connectivity index is 3.08. The first-order valence-electron chi connectivity index (χ1n) is 4.84. The number of aryl methyl sites for hydroxylation is 1. The van der Waals surface area contributed by atoms with E-state index >= 15 is 0 Å². The summed E-state index contributed by atoms with van der Waals surface area (Å²) in [5.74, 6) is 0.818. The zero-order chi connectivity index (χ0) is 12.1. The maximum absolute atomic E-state index is 5.54. The van der Waals surface area contributed by atoms with E-state index in [1.54, 1.807) is 0 Å². The molecule has 0 amide bonds. The van der Waals surface area contributed by atoms with Gasteiger partial charge in [-0.2, -0.15) is 0 Å². The molecule has 0 unspecified atom stereocenters. The van der Waals surface area contributed by atoms with Crippen LogP contribution >= 0.6 is 23.2 Å². The van der Waals surface area contributed by atoms with E-state index in [1.807, 2.05) is 50.2 Å². The van der Waals surface area contributed by atoms with Crippen molar-refractivity contribution in [1.29, 1.82) is 0 Å². The lowest BCUT2D eigenvalue weighted by molar-refractivity contribution is 0.624. The molecule has 0 aliphatic heterocycles. The summed E-state index contributed by atoms with van der Waals surface area (Å²) < 4.78 is 0.145. The predicted octanol–water partition coefficient (Wildman–Crippen LogP) is 3.58. The molecule has 1 aromatic carbocycles. The average Bonchev–Trinajstić information content (AvgIpc) is 2.20. The number of amidine groups is 1. The maximum atomic E-state index is 5.54. The fourth-order valence-electron chi connectivity index (χ4n) is 1.26. The lowest BCUT2D eigenvalue weighted by Crippen LogP contribution is -2.22. The van der Waals surface area contributed by atoms with Crippen LogP contribution in [0.25, 0.3) is 0 Å². The van der Waals surface area contributed by atoms with Crippen molar-refractivity contribution in [2.24, 2.45) is 4.99 Å². The van der Waals surface area contributed by atoms with Crippen LogP contribution < -0.4 is 0 Å². The number of nitrogens with zero attached hydrogens (tertiary/aromatic N) is 2. The largest absolute Gasteiger partial charge is 0.362 e. The van der Waals surface area contributed by atoms with Gasteiger partial charge in [0.2, 0.25) is 0 Å². The standard InChI is InChI=1S/C12H14Cl2N2/c1-9-4-6-10(7-5-9)12(16(2)3)15-8-11(13)14/h4-8H,1-3H3. The van der Waals surface area contributed by atoms with Crippen LogP contribution in [0.4, 0.5) is 0 Å². The molecule has 0 N–H and O–H groups in total. The first-order valence-corrected chi connectivity index (χ1v) is 5.59. The zero-order valence-electron chi connectivity index (χ0n) is 9.54. The lowest BCUT2D eigenvalue weighted by atomic mass is 10.1. The second-order valence-corrected chi connectivity index (χ2v) is 4.64. The molecule has 2 nitrogen and oxygen atoms in total. The molecule has 0 bridgehead atoms. The fourth-order valence-corrected chi connectivity index (χ4v) is 1.36. The van der Waals surface area contributed by atoms with Crippen LogP contribution in [0.2, 0.25) is 0 Å². The Hall–Kier alpha value is -0.990. The predicted molar refractivity (Wildman–Crippen MR) is 71.2 cm³/mol. The van der Waals surface area contributed by atoms with Gasteiger partial charge in [-0.05, 0) is 6.92 Å². The first-order chi connectivity index (χ1) is 7.50. The minimum Gasteiger partial charge on any atom is -0.362 e. The third-order valence-electron chi connectivity index (χ3n) is 2.02. The number of benzene rings is 1. The van der Waals surface area contributed by atoms with Gasteiger partial charge in [-0.15, -0.1) is 0 Å². The van der Waals surface area contributed by atoms with Crippen LogP contribution in [0.15, 0.2) is 39.9 Å². The van der Waals surface area contributed by atoms with E-state index in [4.69, 9.17) is 23.2 Å². The number of hydrogen-bond donors (Lipinski definition) is 0. The van der Waals surface area contributed by atoms with Gasteiger partial charge in [0, 0.05) is 19.7 Å². The number of halogens is 2. The van der Waals surface area contributed by atoms with Gasteiger partial charge in [0.1, 0.15) is 10.3 Å². The Labute approximate surface area is 106 Å². The van der Waals surface area contributed by atoms with Crippen molar-refractivity contribution < 1.29 is 0 Å². The van der Waals surface area contributed by atoms with Gasteiger partial charge in [0.15, 0.2) is 0 Å². The van der Waals surface area contributed by atoms with Crippen LogP contribution in [-0.2, 0) is 0 Å². The summed E-state index contributed by atoms with van der Waals surface area (Å²) in [6.45, 7) is 2.05. The summed E-state index contributed by atoms with van der Waals surface area (Å²) in [4.78, 5) is 6.15. The van der Waals surface area contributed by atoms with Crippen molar-refractivity contribution in [2.75, 3.05) is 14.1 Å². The zero-order valence-corrected chi connectivity index (χ0v) is 11.0. The summed E-state index contributed by atoms with van der Waals surface area (Å²) in [6, 6.07) is 8.12. The normalized spacial score (nSPS) is 11.2. The van der Waals surface area contributed by atoms with E-state index < -0.39 is 0 Å². The molecule has 0 aromatic heterocycles. The van der Waals surface area contributed by atoms with Gasteiger partial charge in [0.25, 0.3) is 0 Å². The van der Waals surface area contributed by atoms with E-state index in [2.05, 4.69) is 4.99 Å². The minimum atomic E-state index is 0.145. The molecule has 0 saturated carbocycles. The Morgan fingerprint density at radius 2 is 1.75 bits per heavy atom. The highest BCUT2D eigenvalue weighted by Gasteiger charge is 2.04. The van der Waals surface area contributed by atoms with Crippen molar-refractivity contribution >= 4 is 29.0 Å². The van der Waals surface area contributed by atoms with Crippen molar-refractivity contribution in [1.82, 2.24) is 4.90 Å². The Morgan fingerprint density at radius 1 is 1.19 bits per heavy atom. The molecular formula is C12H14Cl2N2. The molecular weight excluding hydrogens is 243 g/mol. The number of hydrogen-bond acceptors (Lipinski definition) is 1. The third-order valence-corrected chi connectivity index (χ3v) is 2.21. The molecule has 0 aliphatic rings. The summed E-state index contributed by atoms with van der Waals surface area (Å²) in [5, 5.41) is 0. The summed E-state index contributed by atoms with van der Waals surface area (Å²) in [6.07, 6.45) is 1.43. The minimum absolute atomic E-state index is 0.145. The Bertz CT molecular complexity index is 402. The van der Waals surface area contributed by atoms with E-state index in [0.29, 0.717) is 0 Å². The van der Waals surface area contributed by atoms with Gasteiger partial charge in [-0.25, -0.2) is 4.99 Å². The van der Waals surface area contributed by atoms with Crippen molar-refractivity contribution in [3.05, 3.63) is 46.1 Å². The average molecular weight is 257 g/mol. The molecule has 86 valence electrons. The third kappa shape index (κ3) is 3.87. The van der Waals surface area contributed by atoms with Crippen LogP contribution in [0.3, 0.4) is 0 Å². The smallest absolute Gasteiger partial charge is 0.135 e. The number of aliphatic imine (C=N–C) groups is 1. The molecule has 0 saturated heterocycles. The highest BCUT2D eigenvalue weighted by atomic mass is 35.5. The first kappa shape index (κ1) is 13.1. The Morgan fingerprint density at radius 3 is 2.19 bits per heavy atom. The van der Waals surface area contributed by atoms with E-state index in [0.717, 1.165) is 11.4 Å². The monoisotopic (exact) mass is 256 g/mol. The van der Waals surface area contributed by atoms with Crippen LogP contribution in [0.1, 0.15) is 11.1 Å². The van der Waals surface area contributed by atoms with E-state index in [1.165, 1.54) is 11.8 Å². The summed E-state index contributed by atoms with van der Waals surface area (Å²) in [7, 11) is 3.85. The highest BCUT2D eigenvalue weighted by Crippen LogP contribution is 2.10. The second kappa shape index (κ2) is 5.92. The molecule has 4 heteroatoms. The summed E-state index contributed by atoms with van der Waals surface area (Å²) >= 11 is 11.1. The topological polar surface area (TPSA) is 15.6 Å². The number of rotatable bonds is 2. The molecule has 0 spiro atoms. The van der Waals surface area contributed by atoms with Crippen LogP contribution in [0.5, 0.6) is 0 Å². The van der Waals surface area contributed by atoms with Crippen molar-refractivity contribution in [3.8, 4) is 0 Å². The van der Waals surface area contributed by atoms with Gasteiger partial charge in [-0.1, -0.05) is 53.0 Å². The SMILES string of the molecule is Cc1ccc(C(=NC=C(Cl)Cl)N(C)C)cc1. The van der Waals surface area contributed by atoms with Gasteiger partial charge in [-0.3, -0.25) is 0 Å². The molecule has 1 rings (SSSR count). The molecule has 0 aliphatic carbocycles. The van der Waals surface area contributed by atoms with E-state index in [9.17, 15) is 0 Å².